The molecule has 1 aliphatic rings. The fraction of sp³-hybridized carbons (Fsp3) is 0.625. The number of halogens is 1. The third kappa shape index (κ3) is 4.44. The molecule has 1 aromatic carbocycles. The molecule has 1 saturated heterocycles. The number of rotatable bonds is 4. The van der Waals surface area contributed by atoms with Crippen molar-refractivity contribution in [3.8, 4) is 0 Å². The summed E-state index contributed by atoms with van der Waals surface area (Å²) in [7, 11) is -3.44. The van der Waals surface area contributed by atoms with E-state index in [1.54, 1.807) is 12.1 Å². The summed E-state index contributed by atoms with van der Waals surface area (Å²) in [4.78, 5) is 0.346. The molecule has 6 heteroatoms. The van der Waals surface area contributed by atoms with Gasteiger partial charge in [-0.3, -0.25) is 0 Å². The van der Waals surface area contributed by atoms with Crippen molar-refractivity contribution < 1.29 is 8.42 Å². The second kappa shape index (κ2) is 7.30. The highest BCUT2D eigenvalue weighted by molar-refractivity contribution is 7.89. The number of hydrogen-bond donors (Lipinski definition) is 2. The van der Waals surface area contributed by atoms with Crippen molar-refractivity contribution in [3.05, 3.63) is 29.3 Å². The first-order chi connectivity index (χ1) is 9.72. The molecule has 4 nitrogen and oxygen atoms in total. The summed E-state index contributed by atoms with van der Waals surface area (Å²) in [5, 5.41) is 3.43. The van der Waals surface area contributed by atoms with Crippen LogP contribution in [0.2, 0.25) is 0 Å². The Kier molecular flexibility index (Phi) is 6.45. The first-order valence-electron chi connectivity index (χ1n) is 7.53. The maximum atomic E-state index is 12.4. The van der Waals surface area contributed by atoms with Crippen LogP contribution in [0.25, 0.3) is 0 Å². The summed E-state index contributed by atoms with van der Waals surface area (Å²) in [5.41, 5.74) is 2.21. The van der Waals surface area contributed by atoms with Crippen molar-refractivity contribution in [2.45, 2.75) is 51.5 Å². The predicted octanol–water partition coefficient (Wildman–Crippen LogP) is 2.78. The first kappa shape index (κ1) is 19.4. The highest BCUT2D eigenvalue weighted by Gasteiger charge is 2.32. The number of aryl methyl sites for hydroxylation is 2. The van der Waals surface area contributed by atoms with Gasteiger partial charge in [-0.05, 0) is 61.9 Å². The quantitative estimate of drug-likeness (QED) is 0.881. The average molecular weight is 347 g/mol. The number of piperidine rings is 1. The van der Waals surface area contributed by atoms with Gasteiger partial charge in [-0.1, -0.05) is 19.9 Å². The van der Waals surface area contributed by atoms with Gasteiger partial charge in [-0.25, -0.2) is 13.1 Å². The molecule has 126 valence electrons. The summed E-state index contributed by atoms with van der Waals surface area (Å²) >= 11 is 0. The fourth-order valence-electron chi connectivity index (χ4n) is 2.78. The molecule has 0 bridgehead atoms. The normalized spacial score (nSPS) is 21.2. The van der Waals surface area contributed by atoms with Crippen LogP contribution in [0.4, 0.5) is 0 Å². The Bertz CT molecular complexity index is 615. The van der Waals surface area contributed by atoms with Crippen LogP contribution in [0.5, 0.6) is 0 Å². The van der Waals surface area contributed by atoms with E-state index in [0.29, 0.717) is 11.4 Å². The fourth-order valence-corrected chi connectivity index (χ4v) is 3.91. The minimum absolute atomic E-state index is 0. The zero-order valence-corrected chi connectivity index (χ0v) is 15.4. The van der Waals surface area contributed by atoms with Crippen LogP contribution in [-0.2, 0) is 10.0 Å². The maximum absolute atomic E-state index is 12.4. The Morgan fingerprint density at radius 2 is 1.95 bits per heavy atom. The number of benzene rings is 1. The van der Waals surface area contributed by atoms with Gasteiger partial charge in [-0.15, -0.1) is 12.4 Å². The molecule has 22 heavy (non-hydrogen) atoms. The van der Waals surface area contributed by atoms with Crippen molar-refractivity contribution in [3.63, 3.8) is 0 Å². The minimum atomic E-state index is -3.44. The molecule has 0 spiro atoms. The molecular formula is C16H27ClN2O2S. The molecule has 0 radical (unpaired) electrons. The molecule has 1 aromatic rings. The lowest BCUT2D eigenvalue weighted by molar-refractivity contribution is 0.181. The lowest BCUT2D eigenvalue weighted by Gasteiger charge is -2.39. The molecule has 1 unspecified atom stereocenters. The highest BCUT2D eigenvalue weighted by atomic mass is 35.5. The highest BCUT2D eigenvalue weighted by Crippen LogP contribution is 2.29. The van der Waals surface area contributed by atoms with E-state index >= 15 is 0 Å². The van der Waals surface area contributed by atoms with Gasteiger partial charge in [0.1, 0.15) is 0 Å². The van der Waals surface area contributed by atoms with Crippen molar-refractivity contribution in [1.82, 2.24) is 10.0 Å². The third-order valence-corrected chi connectivity index (χ3v) is 6.02. The lowest BCUT2D eigenvalue weighted by atomic mass is 9.78. The van der Waals surface area contributed by atoms with Gasteiger partial charge in [0.15, 0.2) is 0 Å². The van der Waals surface area contributed by atoms with Crippen LogP contribution in [-0.4, -0.2) is 27.5 Å². The Balaban J connectivity index is 0.00000242. The molecule has 0 saturated carbocycles. The van der Waals surface area contributed by atoms with Crippen molar-refractivity contribution in [2.75, 3.05) is 13.1 Å². The largest absolute Gasteiger partial charge is 0.312 e. The smallest absolute Gasteiger partial charge is 0.240 e. The van der Waals surface area contributed by atoms with E-state index in [2.05, 4.69) is 23.9 Å². The molecular weight excluding hydrogens is 320 g/mol. The molecule has 1 fully saturated rings. The van der Waals surface area contributed by atoms with Crippen LogP contribution in [0.3, 0.4) is 0 Å². The monoisotopic (exact) mass is 346 g/mol. The molecule has 2 rings (SSSR count). The molecule has 0 aliphatic carbocycles. The van der Waals surface area contributed by atoms with Gasteiger partial charge in [0.25, 0.3) is 0 Å². The van der Waals surface area contributed by atoms with Crippen LogP contribution in [0.1, 0.15) is 37.8 Å². The molecule has 1 atom stereocenters. The van der Waals surface area contributed by atoms with E-state index in [0.717, 1.165) is 30.5 Å². The van der Waals surface area contributed by atoms with Crippen molar-refractivity contribution >= 4 is 22.4 Å². The predicted molar refractivity (Wildman–Crippen MR) is 93.2 cm³/mol. The minimum Gasteiger partial charge on any atom is -0.312 e. The van der Waals surface area contributed by atoms with Gasteiger partial charge in [-0.2, -0.15) is 0 Å². The van der Waals surface area contributed by atoms with Crippen molar-refractivity contribution in [1.29, 1.82) is 0 Å². The molecule has 0 aromatic heterocycles. The summed E-state index contributed by atoms with van der Waals surface area (Å²) in [5.74, 6) is 0. The van der Waals surface area contributed by atoms with Crippen molar-refractivity contribution in [2.24, 2.45) is 5.41 Å². The molecule has 1 heterocycles. The number of nitrogens with one attached hydrogen (secondary N) is 2. The van der Waals surface area contributed by atoms with Crippen LogP contribution in [0, 0.1) is 19.3 Å². The second-order valence-corrected chi connectivity index (χ2v) is 8.46. The van der Waals surface area contributed by atoms with E-state index in [9.17, 15) is 8.42 Å². The zero-order valence-electron chi connectivity index (χ0n) is 13.8. The number of hydrogen-bond acceptors (Lipinski definition) is 3. The second-order valence-electron chi connectivity index (χ2n) is 6.70. The van der Waals surface area contributed by atoms with Gasteiger partial charge >= 0.3 is 0 Å². The number of sulfonamides is 1. The van der Waals surface area contributed by atoms with E-state index in [1.807, 2.05) is 19.9 Å². The molecule has 1 aliphatic heterocycles. The topological polar surface area (TPSA) is 58.2 Å². The maximum Gasteiger partial charge on any atom is 0.240 e. The summed E-state index contributed by atoms with van der Waals surface area (Å²) < 4.78 is 27.6. The third-order valence-electron chi connectivity index (χ3n) is 4.60. The van der Waals surface area contributed by atoms with E-state index in [1.165, 1.54) is 0 Å². The summed E-state index contributed by atoms with van der Waals surface area (Å²) in [6, 6.07) is 5.43. The van der Waals surface area contributed by atoms with Gasteiger partial charge in [0.05, 0.1) is 4.90 Å². The van der Waals surface area contributed by atoms with Gasteiger partial charge in [0.2, 0.25) is 10.0 Å². The summed E-state index contributed by atoms with van der Waals surface area (Å²) in [6.07, 6.45) is 2.27. The van der Waals surface area contributed by atoms with E-state index < -0.39 is 10.0 Å². The summed E-state index contributed by atoms with van der Waals surface area (Å²) in [6.45, 7) is 9.68. The van der Waals surface area contributed by atoms with Gasteiger partial charge in [0, 0.05) is 12.6 Å². The molecule has 2 N–H and O–H groups in total. The van der Waals surface area contributed by atoms with Crippen LogP contribution >= 0.6 is 12.4 Å². The Hall–Kier alpha value is -0.620. The standard InChI is InChI=1S/C16H26N2O2S.ClH/c1-12-6-7-14(10-13(12)2)21(19,20)18-11-15-16(3,4)8-5-9-17-15;/h6-7,10,15,17-18H,5,8-9,11H2,1-4H3;1H. The average Bonchev–Trinajstić information content (AvgIpc) is 2.40. The Labute approximate surface area is 140 Å². The van der Waals surface area contributed by atoms with E-state index in [-0.39, 0.29) is 23.9 Å². The zero-order chi connectivity index (χ0) is 15.7. The Morgan fingerprint density at radius 3 is 2.55 bits per heavy atom. The lowest BCUT2D eigenvalue weighted by Crippen LogP contribution is -2.52. The SMILES string of the molecule is Cc1ccc(S(=O)(=O)NCC2NCCCC2(C)C)cc1C.Cl. The van der Waals surface area contributed by atoms with Crippen LogP contribution < -0.4 is 10.0 Å². The van der Waals surface area contributed by atoms with Crippen LogP contribution in [0.15, 0.2) is 23.1 Å². The Morgan fingerprint density at radius 1 is 1.27 bits per heavy atom. The van der Waals surface area contributed by atoms with Gasteiger partial charge < -0.3 is 5.32 Å². The van der Waals surface area contributed by atoms with E-state index in [4.69, 9.17) is 0 Å². The molecule has 0 amide bonds. The first-order valence-corrected chi connectivity index (χ1v) is 9.01.